The fourth-order valence-electron chi connectivity index (χ4n) is 3.74. The van der Waals surface area contributed by atoms with Crippen LogP contribution in [0, 0.1) is 17.8 Å². The van der Waals surface area contributed by atoms with Crippen LogP contribution in [-0.4, -0.2) is 35.7 Å². The molecule has 100 valence electrons. The van der Waals surface area contributed by atoms with Gasteiger partial charge in [-0.2, -0.15) is 0 Å². The Hall–Kier alpha value is -0.0800. The fraction of sp³-hybridized carbons (Fsp3) is 1.00. The van der Waals surface area contributed by atoms with E-state index in [0.29, 0.717) is 5.92 Å². The molecule has 1 aliphatic heterocycles. The minimum atomic E-state index is -0.0287. The maximum absolute atomic E-state index is 10.2. The van der Waals surface area contributed by atoms with Gasteiger partial charge >= 0.3 is 0 Å². The Bertz CT molecular complexity index is 231. The predicted molar refractivity (Wildman–Crippen MR) is 72.0 cm³/mol. The fourth-order valence-corrected chi connectivity index (χ4v) is 3.74. The molecule has 2 fully saturated rings. The summed E-state index contributed by atoms with van der Waals surface area (Å²) in [5, 5.41) is 10.2. The molecule has 0 amide bonds. The van der Waals surface area contributed by atoms with Gasteiger partial charge in [0.05, 0.1) is 6.10 Å². The second-order valence-corrected chi connectivity index (χ2v) is 6.45. The smallest absolute Gasteiger partial charge is 0.0580 e. The minimum Gasteiger partial charge on any atom is -0.393 e. The first-order chi connectivity index (χ1) is 8.19. The molecule has 1 heterocycles. The SMILES string of the molecule is CCCC1CCC(O)C(CN2CCC(C)C2)C1. The van der Waals surface area contributed by atoms with Gasteiger partial charge in [-0.25, -0.2) is 0 Å². The van der Waals surface area contributed by atoms with Gasteiger partial charge in [0.2, 0.25) is 0 Å². The van der Waals surface area contributed by atoms with Crippen LogP contribution in [0.4, 0.5) is 0 Å². The van der Waals surface area contributed by atoms with Gasteiger partial charge in [-0.1, -0.05) is 26.7 Å². The van der Waals surface area contributed by atoms with Gasteiger partial charge in [0.1, 0.15) is 0 Å². The third kappa shape index (κ3) is 3.69. The molecule has 4 atom stereocenters. The van der Waals surface area contributed by atoms with Crippen LogP contribution in [0.3, 0.4) is 0 Å². The standard InChI is InChI=1S/C15H29NO/c1-3-4-13-5-6-15(17)14(9-13)11-16-8-7-12(2)10-16/h12-15,17H,3-11H2,1-2H3. The number of nitrogens with zero attached hydrogens (tertiary/aromatic N) is 1. The summed E-state index contributed by atoms with van der Waals surface area (Å²) in [5.41, 5.74) is 0. The topological polar surface area (TPSA) is 23.5 Å². The summed E-state index contributed by atoms with van der Waals surface area (Å²) in [7, 11) is 0. The van der Waals surface area contributed by atoms with Gasteiger partial charge in [0.25, 0.3) is 0 Å². The van der Waals surface area contributed by atoms with Crippen molar-refractivity contribution in [2.45, 2.75) is 58.5 Å². The Kier molecular flexibility index (Phi) is 4.87. The molecule has 1 aliphatic carbocycles. The lowest BCUT2D eigenvalue weighted by atomic mass is 9.77. The zero-order chi connectivity index (χ0) is 12.3. The molecule has 0 radical (unpaired) electrons. The van der Waals surface area contributed by atoms with Crippen LogP contribution in [0.1, 0.15) is 52.4 Å². The lowest BCUT2D eigenvalue weighted by Crippen LogP contribution is -2.38. The Balaban J connectivity index is 1.81. The highest BCUT2D eigenvalue weighted by Crippen LogP contribution is 2.33. The summed E-state index contributed by atoms with van der Waals surface area (Å²) in [5.74, 6) is 2.29. The third-order valence-corrected chi connectivity index (χ3v) is 4.75. The summed E-state index contributed by atoms with van der Waals surface area (Å²) in [6.07, 6.45) is 7.54. The van der Waals surface area contributed by atoms with Crippen LogP contribution >= 0.6 is 0 Å². The average Bonchev–Trinajstić information content (AvgIpc) is 2.69. The summed E-state index contributed by atoms with van der Waals surface area (Å²) in [6, 6.07) is 0. The lowest BCUT2D eigenvalue weighted by Gasteiger charge is -2.35. The first kappa shape index (κ1) is 13.4. The second-order valence-electron chi connectivity index (χ2n) is 6.45. The summed E-state index contributed by atoms with van der Waals surface area (Å²) in [6.45, 7) is 8.27. The van der Waals surface area contributed by atoms with Crippen molar-refractivity contribution in [2.75, 3.05) is 19.6 Å². The molecule has 0 bridgehead atoms. The van der Waals surface area contributed by atoms with Crippen molar-refractivity contribution in [3.05, 3.63) is 0 Å². The molecular weight excluding hydrogens is 210 g/mol. The summed E-state index contributed by atoms with van der Waals surface area (Å²) in [4.78, 5) is 2.58. The van der Waals surface area contributed by atoms with Crippen molar-refractivity contribution in [1.82, 2.24) is 4.90 Å². The van der Waals surface area contributed by atoms with Crippen molar-refractivity contribution in [2.24, 2.45) is 17.8 Å². The maximum atomic E-state index is 10.2. The van der Waals surface area contributed by atoms with E-state index >= 15 is 0 Å². The van der Waals surface area contributed by atoms with Crippen LogP contribution in [0.5, 0.6) is 0 Å². The van der Waals surface area contributed by atoms with E-state index in [1.807, 2.05) is 0 Å². The Morgan fingerprint density at radius 1 is 1.24 bits per heavy atom. The van der Waals surface area contributed by atoms with Gasteiger partial charge < -0.3 is 10.0 Å². The molecular formula is C15H29NO. The van der Waals surface area contributed by atoms with Gasteiger partial charge in [-0.15, -0.1) is 0 Å². The van der Waals surface area contributed by atoms with E-state index in [1.54, 1.807) is 0 Å². The molecule has 0 spiro atoms. The Morgan fingerprint density at radius 2 is 2.06 bits per heavy atom. The molecule has 1 saturated carbocycles. The largest absolute Gasteiger partial charge is 0.393 e. The van der Waals surface area contributed by atoms with Gasteiger partial charge in [-0.3, -0.25) is 0 Å². The zero-order valence-corrected chi connectivity index (χ0v) is 11.6. The van der Waals surface area contributed by atoms with Gasteiger partial charge in [-0.05, 0) is 50.0 Å². The molecule has 2 nitrogen and oxygen atoms in total. The van der Waals surface area contributed by atoms with Crippen molar-refractivity contribution in [3.63, 3.8) is 0 Å². The molecule has 0 aromatic rings. The zero-order valence-electron chi connectivity index (χ0n) is 11.6. The number of rotatable bonds is 4. The molecule has 17 heavy (non-hydrogen) atoms. The first-order valence-corrected chi connectivity index (χ1v) is 7.59. The molecule has 2 rings (SSSR count). The monoisotopic (exact) mass is 239 g/mol. The highest BCUT2D eigenvalue weighted by molar-refractivity contribution is 4.84. The molecule has 0 aromatic carbocycles. The Labute approximate surface area is 106 Å². The highest BCUT2D eigenvalue weighted by atomic mass is 16.3. The molecule has 1 N–H and O–H groups in total. The van der Waals surface area contributed by atoms with E-state index in [2.05, 4.69) is 18.7 Å². The molecule has 2 aliphatic rings. The van der Waals surface area contributed by atoms with E-state index in [1.165, 1.54) is 45.2 Å². The van der Waals surface area contributed by atoms with E-state index in [0.717, 1.165) is 24.8 Å². The number of hydrogen-bond donors (Lipinski definition) is 1. The predicted octanol–water partition coefficient (Wildman–Crippen LogP) is 2.91. The number of aliphatic hydroxyl groups is 1. The maximum Gasteiger partial charge on any atom is 0.0580 e. The van der Waals surface area contributed by atoms with E-state index < -0.39 is 0 Å². The first-order valence-electron chi connectivity index (χ1n) is 7.59. The van der Waals surface area contributed by atoms with Gasteiger partial charge in [0, 0.05) is 13.1 Å². The van der Waals surface area contributed by atoms with Crippen molar-refractivity contribution in [3.8, 4) is 0 Å². The Morgan fingerprint density at radius 3 is 2.71 bits per heavy atom. The van der Waals surface area contributed by atoms with Crippen molar-refractivity contribution >= 4 is 0 Å². The second kappa shape index (κ2) is 6.19. The van der Waals surface area contributed by atoms with Crippen LogP contribution < -0.4 is 0 Å². The minimum absolute atomic E-state index is 0.0287. The number of aliphatic hydroxyl groups excluding tert-OH is 1. The third-order valence-electron chi connectivity index (χ3n) is 4.75. The average molecular weight is 239 g/mol. The van der Waals surface area contributed by atoms with Crippen LogP contribution in [0.25, 0.3) is 0 Å². The molecule has 1 saturated heterocycles. The summed E-state index contributed by atoms with van der Waals surface area (Å²) >= 11 is 0. The molecule has 4 unspecified atom stereocenters. The van der Waals surface area contributed by atoms with Crippen LogP contribution in [0.2, 0.25) is 0 Å². The molecule has 2 heteroatoms. The normalized spacial score (nSPS) is 39.7. The molecule has 0 aromatic heterocycles. The van der Waals surface area contributed by atoms with Crippen LogP contribution in [-0.2, 0) is 0 Å². The summed E-state index contributed by atoms with van der Waals surface area (Å²) < 4.78 is 0. The lowest BCUT2D eigenvalue weighted by molar-refractivity contribution is 0.0291. The quantitative estimate of drug-likeness (QED) is 0.815. The number of hydrogen-bond acceptors (Lipinski definition) is 2. The van der Waals surface area contributed by atoms with E-state index in [9.17, 15) is 5.11 Å². The van der Waals surface area contributed by atoms with Gasteiger partial charge in [0.15, 0.2) is 0 Å². The number of likely N-dealkylation sites (tertiary alicyclic amines) is 1. The highest BCUT2D eigenvalue weighted by Gasteiger charge is 2.31. The van der Waals surface area contributed by atoms with Crippen molar-refractivity contribution < 1.29 is 5.11 Å². The van der Waals surface area contributed by atoms with E-state index in [-0.39, 0.29) is 6.10 Å². The van der Waals surface area contributed by atoms with Crippen molar-refractivity contribution in [1.29, 1.82) is 0 Å². The van der Waals surface area contributed by atoms with Crippen LogP contribution in [0.15, 0.2) is 0 Å². The van der Waals surface area contributed by atoms with E-state index in [4.69, 9.17) is 0 Å².